The van der Waals surface area contributed by atoms with Gasteiger partial charge in [-0.25, -0.2) is 0 Å². The van der Waals surface area contributed by atoms with Gasteiger partial charge in [0.1, 0.15) is 11.2 Å². The fourth-order valence-electron chi connectivity index (χ4n) is 8.54. The maximum Gasteiger partial charge on any atom is 0.136 e. The van der Waals surface area contributed by atoms with E-state index in [1.165, 1.54) is 93.9 Å². The van der Waals surface area contributed by atoms with Crippen LogP contribution in [-0.2, 0) is 12.8 Å². The van der Waals surface area contributed by atoms with Crippen LogP contribution in [0.1, 0.15) is 22.3 Å². The number of nitrogens with zero attached hydrogens (tertiary/aromatic N) is 1. The Kier molecular flexibility index (Phi) is 4.71. The molecule has 2 nitrogen and oxygen atoms in total. The van der Waals surface area contributed by atoms with Crippen LogP contribution in [0.3, 0.4) is 0 Å². The molecule has 11 rings (SSSR count). The highest BCUT2D eigenvalue weighted by Crippen LogP contribution is 2.50. The minimum Gasteiger partial charge on any atom is -0.456 e. The molecule has 0 spiro atoms. The van der Waals surface area contributed by atoms with Crippen molar-refractivity contribution in [1.29, 1.82) is 0 Å². The standard InChI is InChI=1S/C44H27NO/c1-4-14-38-31(10-1)32-11-2-5-15-39(32)45(38)40-16-7-9-28-25-37-33(43(28)40)22-21-30-35-23-26(19-20-27(35)24-36(30)37)29-13-8-18-42-44(29)34-12-3-6-17-41(34)46-42/h1-23H,24-25H2. The van der Waals surface area contributed by atoms with E-state index in [9.17, 15) is 0 Å². The monoisotopic (exact) mass is 585 g/mol. The molecule has 2 heteroatoms. The van der Waals surface area contributed by atoms with E-state index in [4.69, 9.17) is 4.42 Å². The maximum absolute atomic E-state index is 6.23. The molecule has 2 aliphatic rings. The van der Waals surface area contributed by atoms with Crippen molar-refractivity contribution in [2.24, 2.45) is 0 Å². The SMILES string of the molecule is c1cc2c(c(-n3c4ccccc4c4ccccc43)c1)-c1ccc3c(c1C2)Cc1ccc(-c2cccc4oc5ccccc5c24)cc1-3. The summed E-state index contributed by atoms with van der Waals surface area (Å²) in [5, 5.41) is 4.96. The van der Waals surface area contributed by atoms with Gasteiger partial charge in [-0.15, -0.1) is 0 Å². The molecule has 0 fully saturated rings. The molecule has 2 aliphatic carbocycles. The third kappa shape index (κ3) is 3.15. The van der Waals surface area contributed by atoms with E-state index in [1.54, 1.807) is 0 Å². The fraction of sp³-hybridized carbons (Fsp3) is 0.0455. The van der Waals surface area contributed by atoms with Crippen molar-refractivity contribution in [3.8, 4) is 39.1 Å². The van der Waals surface area contributed by atoms with Gasteiger partial charge in [0.25, 0.3) is 0 Å². The van der Waals surface area contributed by atoms with E-state index in [0.717, 1.165) is 24.0 Å². The lowest BCUT2D eigenvalue weighted by Crippen LogP contribution is -1.97. The molecule has 2 aromatic heterocycles. The summed E-state index contributed by atoms with van der Waals surface area (Å²) in [6.07, 6.45) is 1.95. The van der Waals surface area contributed by atoms with Gasteiger partial charge in [-0.2, -0.15) is 0 Å². The Morgan fingerprint density at radius 1 is 0.457 bits per heavy atom. The summed E-state index contributed by atoms with van der Waals surface area (Å²) in [5.41, 5.74) is 19.4. The molecule has 214 valence electrons. The predicted octanol–water partition coefficient (Wildman–Crippen LogP) is 11.5. The second-order valence-corrected chi connectivity index (χ2v) is 12.8. The van der Waals surface area contributed by atoms with Crippen molar-refractivity contribution in [2.45, 2.75) is 12.8 Å². The van der Waals surface area contributed by atoms with Gasteiger partial charge < -0.3 is 8.98 Å². The van der Waals surface area contributed by atoms with E-state index in [2.05, 4.69) is 138 Å². The predicted molar refractivity (Wildman–Crippen MR) is 190 cm³/mol. The van der Waals surface area contributed by atoms with Gasteiger partial charge in [-0.05, 0) is 99.3 Å². The van der Waals surface area contributed by atoms with Crippen molar-refractivity contribution in [1.82, 2.24) is 4.57 Å². The zero-order chi connectivity index (χ0) is 29.9. The number of rotatable bonds is 2. The second kappa shape index (κ2) is 8.87. The smallest absolute Gasteiger partial charge is 0.136 e. The Labute approximate surface area is 265 Å². The first-order chi connectivity index (χ1) is 22.8. The van der Waals surface area contributed by atoms with Crippen LogP contribution in [0.4, 0.5) is 0 Å². The molecular weight excluding hydrogens is 558 g/mol. The van der Waals surface area contributed by atoms with Crippen molar-refractivity contribution >= 4 is 43.7 Å². The van der Waals surface area contributed by atoms with E-state index in [1.807, 2.05) is 6.07 Å². The van der Waals surface area contributed by atoms with Gasteiger partial charge in [0.05, 0.1) is 16.7 Å². The third-order valence-electron chi connectivity index (χ3n) is 10.5. The quantitative estimate of drug-likeness (QED) is 0.197. The van der Waals surface area contributed by atoms with Crippen LogP contribution in [0.5, 0.6) is 0 Å². The minimum absolute atomic E-state index is 0.937. The van der Waals surface area contributed by atoms with Crippen LogP contribution in [0.15, 0.2) is 144 Å². The average Bonchev–Trinajstić information content (AvgIpc) is 3.86. The van der Waals surface area contributed by atoms with Crippen LogP contribution in [0.25, 0.3) is 82.8 Å². The summed E-state index contributed by atoms with van der Waals surface area (Å²) >= 11 is 0. The molecule has 0 saturated heterocycles. The number of fused-ring (bicyclic) bond motifs is 13. The molecule has 0 radical (unpaired) electrons. The van der Waals surface area contributed by atoms with Crippen LogP contribution >= 0.6 is 0 Å². The molecule has 0 aliphatic heterocycles. The van der Waals surface area contributed by atoms with E-state index >= 15 is 0 Å². The summed E-state index contributed by atoms with van der Waals surface area (Å²) in [4.78, 5) is 0. The number of furan rings is 1. The average molecular weight is 586 g/mol. The van der Waals surface area contributed by atoms with Gasteiger partial charge >= 0.3 is 0 Å². The number of benzene rings is 7. The lowest BCUT2D eigenvalue weighted by molar-refractivity contribution is 0.669. The lowest BCUT2D eigenvalue weighted by Gasteiger charge is -2.14. The zero-order valence-electron chi connectivity index (χ0n) is 25.0. The van der Waals surface area contributed by atoms with E-state index in [-0.39, 0.29) is 0 Å². The Morgan fingerprint density at radius 2 is 1.13 bits per heavy atom. The van der Waals surface area contributed by atoms with Crippen LogP contribution in [-0.4, -0.2) is 4.57 Å². The first-order valence-electron chi connectivity index (χ1n) is 16.1. The van der Waals surface area contributed by atoms with Crippen molar-refractivity contribution in [3.63, 3.8) is 0 Å². The summed E-state index contributed by atoms with van der Waals surface area (Å²) in [6.45, 7) is 0. The molecule has 0 N–H and O–H groups in total. The topological polar surface area (TPSA) is 18.1 Å². The van der Waals surface area contributed by atoms with Crippen molar-refractivity contribution < 1.29 is 4.42 Å². The van der Waals surface area contributed by atoms with Crippen molar-refractivity contribution in [3.05, 3.63) is 162 Å². The van der Waals surface area contributed by atoms with E-state index in [0.29, 0.717) is 0 Å². The molecule has 9 aromatic rings. The normalized spacial score (nSPS) is 13.0. The number of aromatic nitrogens is 1. The molecule has 46 heavy (non-hydrogen) atoms. The van der Waals surface area contributed by atoms with Gasteiger partial charge in [-0.3, -0.25) is 0 Å². The number of hydrogen-bond donors (Lipinski definition) is 0. The molecular formula is C44H27NO. The molecule has 7 aromatic carbocycles. The summed E-state index contributed by atoms with van der Waals surface area (Å²) in [6, 6.07) is 51.1. The highest BCUT2D eigenvalue weighted by molar-refractivity contribution is 6.13. The highest BCUT2D eigenvalue weighted by Gasteiger charge is 2.30. The first kappa shape index (κ1) is 24.5. The largest absolute Gasteiger partial charge is 0.456 e. The van der Waals surface area contributed by atoms with E-state index < -0.39 is 0 Å². The molecule has 0 saturated carbocycles. The Morgan fingerprint density at radius 3 is 1.98 bits per heavy atom. The fourth-order valence-corrected chi connectivity index (χ4v) is 8.54. The number of hydrogen-bond acceptors (Lipinski definition) is 1. The van der Waals surface area contributed by atoms with Crippen LogP contribution < -0.4 is 0 Å². The van der Waals surface area contributed by atoms with Crippen LogP contribution in [0, 0.1) is 0 Å². The summed E-state index contributed by atoms with van der Waals surface area (Å²) in [5.74, 6) is 0. The lowest BCUT2D eigenvalue weighted by atomic mass is 9.94. The first-order valence-corrected chi connectivity index (χ1v) is 16.1. The second-order valence-electron chi connectivity index (χ2n) is 12.8. The Balaban J connectivity index is 1.08. The maximum atomic E-state index is 6.23. The van der Waals surface area contributed by atoms with Gasteiger partial charge in [-0.1, -0.05) is 103 Å². The summed E-state index contributed by atoms with van der Waals surface area (Å²) < 4.78 is 8.71. The molecule has 2 heterocycles. The van der Waals surface area contributed by atoms with Crippen LogP contribution in [0.2, 0.25) is 0 Å². The van der Waals surface area contributed by atoms with Crippen molar-refractivity contribution in [2.75, 3.05) is 0 Å². The van der Waals surface area contributed by atoms with Gasteiger partial charge in [0.15, 0.2) is 0 Å². The molecule has 0 atom stereocenters. The Hall–Kier alpha value is -5.86. The molecule has 0 bridgehead atoms. The highest BCUT2D eigenvalue weighted by atomic mass is 16.3. The molecule has 0 unspecified atom stereocenters. The third-order valence-corrected chi connectivity index (χ3v) is 10.5. The zero-order valence-corrected chi connectivity index (χ0v) is 25.0. The number of para-hydroxylation sites is 3. The van der Waals surface area contributed by atoms with Gasteiger partial charge in [0.2, 0.25) is 0 Å². The minimum atomic E-state index is 0.937. The van der Waals surface area contributed by atoms with Gasteiger partial charge in [0, 0.05) is 27.1 Å². The summed E-state index contributed by atoms with van der Waals surface area (Å²) in [7, 11) is 0. The molecule has 0 amide bonds. The Bertz CT molecular complexity index is 2700.